The molecule has 0 unspecified atom stereocenters. The highest BCUT2D eigenvalue weighted by atomic mass is 32.1. The number of benzene rings is 2. The second-order valence-corrected chi connectivity index (χ2v) is 22.0. The number of thiazole rings is 2. The third-order valence-electron chi connectivity index (χ3n) is 12.9. The van der Waals surface area contributed by atoms with Crippen molar-refractivity contribution in [3.63, 3.8) is 0 Å². The number of likely N-dealkylation sites (N-methyl/N-ethyl adjacent to an activating group) is 2. The zero-order valence-electron chi connectivity index (χ0n) is 43.6. The van der Waals surface area contributed by atoms with Gasteiger partial charge in [-0.3, -0.25) is 14.4 Å². The summed E-state index contributed by atoms with van der Waals surface area (Å²) in [6.45, 7) is 8.79. The minimum Gasteiger partial charge on any atom is -0.475 e. The van der Waals surface area contributed by atoms with Gasteiger partial charge >= 0.3 is 29.6 Å². The maximum atomic E-state index is 14.6. The molecule has 2 aromatic carbocycles. The van der Waals surface area contributed by atoms with Crippen molar-refractivity contribution in [1.82, 2.24) is 40.0 Å². The number of carbonyl (C=O) groups is 4. The first-order valence-electron chi connectivity index (χ1n) is 24.8. The van der Waals surface area contributed by atoms with E-state index in [1.807, 2.05) is 45.0 Å². The van der Waals surface area contributed by atoms with E-state index in [4.69, 9.17) is 16.6 Å². The van der Waals surface area contributed by atoms with Gasteiger partial charge in [0, 0.05) is 25.2 Å². The number of hydrogen-bond acceptors (Lipinski definition) is 15. The van der Waals surface area contributed by atoms with Gasteiger partial charge in [0.05, 0.1) is 51.4 Å². The van der Waals surface area contributed by atoms with Gasteiger partial charge in [0.25, 0.3) is 0 Å². The number of nitrogens with two attached hydrogens (primary N) is 2. The lowest BCUT2D eigenvalue weighted by atomic mass is 9.89. The van der Waals surface area contributed by atoms with Gasteiger partial charge in [-0.25, -0.2) is 24.7 Å². The number of aromatic nitrogens is 4. The number of aliphatic carboxylic acids is 1. The summed E-state index contributed by atoms with van der Waals surface area (Å²) in [5, 5.41) is 14.3. The van der Waals surface area contributed by atoms with Gasteiger partial charge in [0.1, 0.15) is 11.6 Å². The number of nitrogens with one attached hydrogen (secondary N) is 2. The number of piperidine rings is 2. The lowest BCUT2D eigenvalue weighted by Crippen LogP contribution is -2.46. The molecule has 75 heavy (non-hydrogen) atoms. The van der Waals surface area contributed by atoms with Crippen LogP contribution in [0.3, 0.4) is 0 Å². The molecule has 22 heteroatoms. The van der Waals surface area contributed by atoms with Gasteiger partial charge < -0.3 is 41.9 Å². The number of rotatable bonds is 14. The largest absolute Gasteiger partial charge is 0.475 e. The summed E-state index contributed by atoms with van der Waals surface area (Å²) in [6, 6.07) is 14.7. The van der Waals surface area contributed by atoms with Gasteiger partial charge in [-0.05, 0) is 143 Å². The Morgan fingerprint density at radius 3 is 1.83 bits per heavy atom. The summed E-state index contributed by atoms with van der Waals surface area (Å²) in [6.07, 6.45) is 7.86. The molecule has 0 saturated carbocycles. The van der Waals surface area contributed by atoms with Crippen molar-refractivity contribution in [2.45, 2.75) is 96.6 Å². The van der Waals surface area contributed by atoms with Crippen LogP contribution in [0.5, 0.6) is 0 Å². The number of pyridine rings is 2. The molecule has 0 radical (unpaired) electrons. The second kappa shape index (κ2) is 25.1. The number of hydrogen-bond donors (Lipinski definition) is 5. The Bertz CT molecular complexity index is 2980. The standard InChI is InChI=1S/C26H32F2N6O2S.C17H23F2N3S.C10H12N2O3/c1-5-16-10-18(12-30-22(16)29)31-23(35)24(36)34-13-15(2)6-8-20(34)17-7-9-21-19(11-17)32-25(37-21)26(27,28)14-33(3)4;1-11-4-6-13(20-9-11)12-5-7-15-14(8-12)21-16(23-15)17(18,19)10-22(2)3;1-2-7-3-6(5-12-9(7)11)4-8(13)10(14)15/h7,9-12,15,20H,5-6,8,13-14H2,1-4H3,(H2,29,30)(H,31,35);5,7-8,11,13,20H,4,6,9-10H2,1-3H3;3,5H,2,4H2,1H3,(H2,11,12)(H,14,15)/t15-,20+;11-,13+;/m00./s1. The van der Waals surface area contributed by atoms with Crippen molar-refractivity contribution in [3.05, 3.63) is 98.8 Å². The number of aryl methyl sites for hydroxylation is 2. The van der Waals surface area contributed by atoms with Crippen LogP contribution in [0, 0.1) is 11.8 Å². The molecule has 2 saturated heterocycles. The minimum atomic E-state index is -3.07. The second-order valence-electron chi connectivity index (χ2n) is 19.9. The molecule has 2 aliphatic rings. The molecule has 7 N–H and O–H groups in total. The molecule has 2 aliphatic heterocycles. The van der Waals surface area contributed by atoms with Crippen LogP contribution in [-0.4, -0.2) is 118 Å². The Morgan fingerprint density at radius 1 is 0.760 bits per heavy atom. The number of Topliss-reactive ketones (excluding diaryl/α,β-unsaturated/α-hetero) is 1. The van der Waals surface area contributed by atoms with Crippen LogP contribution in [0.4, 0.5) is 34.9 Å². The van der Waals surface area contributed by atoms with Crippen LogP contribution in [0.1, 0.15) is 103 Å². The Hall–Kier alpha value is -6.20. The van der Waals surface area contributed by atoms with E-state index in [1.54, 1.807) is 57.4 Å². The maximum absolute atomic E-state index is 14.6. The summed E-state index contributed by atoms with van der Waals surface area (Å²) in [4.78, 5) is 68.4. The van der Waals surface area contributed by atoms with Crippen molar-refractivity contribution in [3.8, 4) is 0 Å². The van der Waals surface area contributed by atoms with Crippen molar-refractivity contribution in [2.75, 3.05) is 71.2 Å². The first-order chi connectivity index (χ1) is 35.4. The van der Waals surface area contributed by atoms with E-state index in [0.717, 1.165) is 69.0 Å². The number of nitrogens with zero attached hydrogens (tertiary/aromatic N) is 7. The first kappa shape index (κ1) is 58.1. The van der Waals surface area contributed by atoms with Gasteiger partial charge in [-0.15, -0.1) is 22.7 Å². The highest BCUT2D eigenvalue weighted by Crippen LogP contribution is 2.40. The molecule has 8 rings (SSSR count). The number of alkyl halides is 4. The van der Waals surface area contributed by atoms with Gasteiger partial charge in [0.2, 0.25) is 5.78 Å². The number of anilines is 3. The van der Waals surface area contributed by atoms with E-state index < -0.39 is 42.0 Å². The average molecular weight is 1080 g/mol. The molecule has 6 heterocycles. The minimum absolute atomic E-state index is 0.0939. The zero-order chi connectivity index (χ0) is 54.9. The predicted octanol–water partition coefficient (Wildman–Crippen LogP) is 8.86. The highest BCUT2D eigenvalue weighted by molar-refractivity contribution is 7.19. The van der Waals surface area contributed by atoms with E-state index in [0.29, 0.717) is 76.4 Å². The van der Waals surface area contributed by atoms with Gasteiger partial charge in [-0.1, -0.05) is 45.9 Å². The summed E-state index contributed by atoms with van der Waals surface area (Å²) < 4.78 is 59.2. The van der Waals surface area contributed by atoms with Crippen molar-refractivity contribution < 1.29 is 41.8 Å². The van der Waals surface area contributed by atoms with E-state index in [2.05, 4.69) is 37.5 Å². The van der Waals surface area contributed by atoms with Crippen LogP contribution in [0.25, 0.3) is 20.4 Å². The van der Waals surface area contributed by atoms with Crippen LogP contribution >= 0.6 is 22.7 Å². The molecule has 4 atom stereocenters. The Balaban J connectivity index is 0.000000204. The van der Waals surface area contributed by atoms with E-state index in [9.17, 15) is 36.7 Å². The number of likely N-dealkylation sites (tertiary alicyclic amines) is 1. The van der Waals surface area contributed by atoms with Crippen molar-refractivity contribution in [2.24, 2.45) is 11.8 Å². The Kier molecular flexibility index (Phi) is 19.4. The molecule has 16 nitrogen and oxygen atoms in total. The number of amides is 2. The van der Waals surface area contributed by atoms with E-state index in [-0.39, 0.29) is 34.9 Å². The molecular formula is C53H67F4N11O5S2. The van der Waals surface area contributed by atoms with Crippen LogP contribution < -0.4 is 22.1 Å². The summed E-state index contributed by atoms with van der Waals surface area (Å²) in [7, 11) is 6.49. The summed E-state index contributed by atoms with van der Waals surface area (Å²) >= 11 is 2.07. The fourth-order valence-corrected chi connectivity index (χ4v) is 10.8. The normalized spacial score (nSPS) is 18.1. The fraction of sp³-hybridized carbons (Fsp3) is 0.472. The maximum Gasteiger partial charge on any atom is 0.372 e. The number of carboxylic acid groups (broad SMARTS) is 1. The first-order valence-corrected chi connectivity index (χ1v) is 26.5. The van der Waals surface area contributed by atoms with Crippen molar-refractivity contribution >= 4 is 84.0 Å². The molecule has 404 valence electrons. The SMILES string of the molecule is CCc1cc(CC(=O)C(=O)O)cnc1N.CCc1cc(NC(=O)C(=O)N2C[C@@H](C)CC[C@@H]2c2ccc3sc(C(F)(F)CN(C)C)nc3c2)cnc1N.C[C@H]1CC[C@H](c2ccc3sc(C(F)(F)CN(C)C)nc3c2)NC1. The van der Waals surface area contributed by atoms with Crippen LogP contribution in [0.2, 0.25) is 0 Å². The van der Waals surface area contributed by atoms with Gasteiger partial charge in [0.15, 0.2) is 10.0 Å². The van der Waals surface area contributed by atoms with E-state index in [1.165, 1.54) is 28.6 Å². The molecule has 6 aromatic rings. The summed E-state index contributed by atoms with van der Waals surface area (Å²) in [5.41, 5.74) is 17.1. The van der Waals surface area contributed by atoms with E-state index >= 15 is 0 Å². The number of carbonyl (C=O) groups excluding carboxylic acids is 3. The lowest BCUT2D eigenvalue weighted by molar-refractivity contribution is -0.148. The summed E-state index contributed by atoms with van der Waals surface area (Å²) in [5.74, 6) is -7.93. The smallest absolute Gasteiger partial charge is 0.372 e. The zero-order valence-corrected chi connectivity index (χ0v) is 45.2. The third kappa shape index (κ3) is 15.2. The number of ketones is 1. The molecule has 0 spiro atoms. The molecular weight excluding hydrogens is 1010 g/mol. The number of carboxylic acids is 1. The molecule has 0 bridgehead atoms. The number of nitrogen functional groups attached to an aromatic ring is 2. The highest BCUT2D eigenvalue weighted by Gasteiger charge is 2.38. The van der Waals surface area contributed by atoms with Crippen LogP contribution in [-0.2, 0) is 50.3 Å². The monoisotopic (exact) mass is 1080 g/mol. The molecule has 2 amide bonds. The quantitative estimate of drug-likeness (QED) is 0.0508. The lowest BCUT2D eigenvalue weighted by Gasteiger charge is -2.38. The average Bonchev–Trinajstić information content (AvgIpc) is 4.01. The number of fused-ring (bicyclic) bond motifs is 2. The van der Waals surface area contributed by atoms with Crippen molar-refractivity contribution in [1.29, 1.82) is 0 Å². The topological polar surface area (TPSA) is 226 Å². The molecule has 0 aliphatic carbocycles. The molecule has 2 fully saturated rings. The molecule has 4 aromatic heterocycles. The number of halogens is 4. The Labute approximate surface area is 442 Å². The van der Waals surface area contributed by atoms with Gasteiger partial charge in [-0.2, -0.15) is 17.6 Å². The Morgan fingerprint density at radius 2 is 1.29 bits per heavy atom. The predicted molar refractivity (Wildman–Crippen MR) is 287 cm³/mol. The third-order valence-corrected chi connectivity index (χ3v) is 15.2. The van der Waals surface area contributed by atoms with Crippen LogP contribution in [0.15, 0.2) is 60.9 Å². The fourth-order valence-electron chi connectivity index (χ4n) is 8.96.